The molecule has 2 aromatic carbocycles. The van der Waals surface area contributed by atoms with Crippen LogP contribution in [0.15, 0.2) is 54.1 Å². The van der Waals surface area contributed by atoms with Gasteiger partial charge in [-0.15, -0.1) is 12.8 Å². The first-order valence-electron chi connectivity index (χ1n) is 11.9. The molecule has 0 aromatic heterocycles. The molecule has 38 heavy (non-hydrogen) atoms. The van der Waals surface area contributed by atoms with Gasteiger partial charge in [0.1, 0.15) is 0 Å². The Morgan fingerprint density at radius 3 is 2.21 bits per heavy atom. The Hall–Kier alpha value is -4.82. The monoisotopic (exact) mass is 508 g/mol. The standard InChI is InChI=1S/C30H24N2O6/c1-5-15-31-22-13-9-7-11-19(22)24(25(31)33)20(26(34)37-3)17-29(28(36)38-4)18-30(29)21-12-8-10-14-23(21)32(16-6-2)27(30)35/h1-2,7-14H,15-18H2,3-4H3/b24-20+/t29-,30+/m1/s1. The Balaban J connectivity index is 1.71. The van der Waals surface area contributed by atoms with Crippen molar-refractivity contribution in [3.63, 3.8) is 0 Å². The maximum Gasteiger partial charge on any atom is 0.334 e. The van der Waals surface area contributed by atoms with E-state index in [4.69, 9.17) is 22.3 Å². The fraction of sp³-hybridized carbons (Fsp3) is 0.267. The molecule has 1 aliphatic carbocycles. The van der Waals surface area contributed by atoms with Crippen LogP contribution in [-0.4, -0.2) is 51.1 Å². The molecule has 2 amide bonds. The third-order valence-electron chi connectivity index (χ3n) is 7.73. The molecule has 2 aliphatic heterocycles. The number of ether oxygens (including phenoxy) is 2. The Morgan fingerprint density at radius 1 is 0.921 bits per heavy atom. The van der Waals surface area contributed by atoms with E-state index in [-0.39, 0.29) is 43.0 Å². The third-order valence-corrected chi connectivity index (χ3v) is 7.73. The van der Waals surface area contributed by atoms with Crippen molar-refractivity contribution >= 4 is 40.7 Å². The van der Waals surface area contributed by atoms with Gasteiger partial charge >= 0.3 is 11.9 Å². The first-order valence-corrected chi connectivity index (χ1v) is 11.9. The predicted molar refractivity (Wildman–Crippen MR) is 140 cm³/mol. The molecule has 1 saturated carbocycles. The van der Waals surface area contributed by atoms with Crippen LogP contribution >= 0.6 is 0 Å². The van der Waals surface area contributed by atoms with Gasteiger partial charge in [0.15, 0.2) is 0 Å². The Kier molecular flexibility index (Phi) is 5.84. The summed E-state index contributed by atoms with van der Waals surface area (Å²) in [5.41, 5.74) is -0.402. The van der Waals surface area contributed by atoms with Crippen molar-refractivity contribution in [1.82, 2.24) is 0 Å². The first kappa shape index (κ1) is 24.9. The predicted octanol–water partition coefficient (Wildman–Crippen LogP) is 2.46. The van der Waals surface area contributed by atoms with E-state index < -0.39 is 28.7 Å². The zero-order valence-electron chi connectivity index (χ0n) is 20.9. The van der Waals surface area contributed by atoms with Crippen LogP contribution < -0.4 is 9.80 Å². The molecule has 190 valence electrons. The summed E-state index contributed by atoms with van der Waals surface area (Å²) in [5, 5.41) is 0. The fourth-order valence-corrected chi connectivity index (χ4v) is 6.05. The van der Waals surface area contributed by atoms with Gasteiger partial charge in [-0.1, -0.05) is 48.2 Å². The minimum absolute atomic E-state index is 0.00715. The minimum Gasteiger partial charge on any atom is -0.469 e. The van der Waals surface area contributed by atoms with Gasteiger partial charge in [0.05, 0.1) is 55.0 Å². The highest BCUT2D eigenvalue weighted by Crippen LogP contribution is 2.72. The summed E-state index contributed by atoms with van der Waals surface area (Å²) >= 11 is 0. The number of hydrogen-bond donors (Lipinski definition) is 0. The number of nitrogens with zero attached hydrogens (tertiary/aromatic N) is 2. The lowest BCUT2D eigenvalue weighted by molar-refractivity contribution is -0.149. The van der Waals surface area contributed by atoms with Crippen molar-refractivity contribution in [1.29, 1.82) is 0 Å². The largest absolute Gasteiger partial charge is 0.469 e. The average Bonchev–Trinajstić information content (AvgIpc) is 3.47. The fourth-order valence-electron chi connectivity index (χ4n) is 6.05. The molecule has 1 fully saturated rings. The van der Waals surface area contributed by atoms with Gasteiger partial charge in [-0.05, 0) is 30.5 Å². The number of fused-ring (bicyclic) bond motifs is 3. The number of carbonyl (C=O) groups is 4. The maximum atomic E-state index is 13.9. The summed E-state index contributed by atoms with van der Waals surface area (Å²) in [4.78, 5) is 57.2. The van der Waals surface area contributed by atoms with Crippen molar-refractivity contribution in [3.8, 4) is 24.7 Å². The number of anilines is 2. The lowest BCUT2D eigenvalue weighted by atomic mass is 9.81. The number of para-hydroxylation sites is 2. The van der Waals surface area contributed by atoms with Crippen molar-refractivity contribution in [2.75, 3.05) is 37.1 Å². The zero-order valence-corrected chi connectivity index (χ0v) is 20.9. The molecule has 0 unspecified atom stereocenters. The van der Waals surface area contributed by atoms with Crippen LogP contribution in [0.2, 0.25) is 0 Å². The molecule has 8 heteroatoms. The molecule has 1 spiro atoms. The van der Waals surface area contributed by atoms with Gasteiger partial charge in [-0.25, -0.2) is 4.79 Å². The number of rotatable bonds is 6. The van der Waals surface area contributed by atoms with Crippen LogP contribution in [0.4, 0.5) is 11.4 Å². The Morgan fingerprint density at radius 2 is 1.55 bits per heavy atom. The Labute approximate surface area is 220 Å². The third kappa shape index (κ3) is 3.13. The molecule has 5 rings (SSSR count). The van der Waals surface area contributed by atoms with Crippen LogP contribution in [0.5, 0.6) is 0 Å². The first-order chi connectivity index (χ1) is 18.3. The number of terminal acetylenes is 2. The summed E-state index contributed by atoms with van der Waals surface area (Å²) in [5.74, 6) is 2.70. The molecule has 2 heterocycles. The van der Waals surface area contributed by atoms with Crippen molar-refractivity contribution < 1.29 is 28.7 Å². The van der Waals surface area contributed by atoms with E-state index in [1.807, 2.05) is 0 Å². The lowest BCUT2D eigenvalue weighted by Gasteiger charge is -2.22. The second kappa shape index (κ2) is 8.93. The van der Waals surface area contributed by atoms with E-state index in [0.29, 0.717) is 22.5 Å². The normalized spacial score (nSPS) is 23.9. The molecule has 2 atom stereocenters. The van der Waals surface area contributed by atoms with Crippen molar-refractivity contribution in [2.45, 2.75) is 18.3 Å². The summed E-state index contributed by atoms with van der Waals surface area (Å²) in [6.07, 6.45) is 10.9. The highest BCUT2D eigenvalue weighted by Gasteiger charge is 2.80. The molecule has 8 nitrogen and oxygen atoms in total. The lowest BCUT2D eigenvalue weighted by Crippen LogP contribution is -2.39. The number of benzene rings is 2. The highest BCUT2D eigenvalue weighted by atomic mass is 16.5. The van der Waals surface area contributed by atoms with E-state index in [0.717, 1.165) is 0 Å². The maximum absolute atomic E-state index is 13.9. The van der Waals surface area contributed by atoms with Gasteiger partial charge < -0.3 is 9.47 Å². The molecule has 2 aromatic rings. The number of methoxy groups -OCH3 is 2. The number of hydrogen-bond acceptors (Lipinski definition) is 6. The van der Waals surface area contributed by atoms with Crippen LogP contribution in [0.1, 0.15) is 24.0 Å². The van der Waals surface area contributed by atoms with Gasteiger partial charge in [-0.2, -0.15) is 0 Å². The van der Waals surface area contributed by atoms with Crippen molar-refractivity contribution in [2.24, 2.45) is 5.41 Å². The van der Waals surface area contributed by atoms with E-state index in [2.05, 4.69) is 11.8 Å². The number of amides is 2. The summed E-state index contributed by atoms with van der Waals surface area (Å²) in [6, 6.07) is 14.1. The second-order valence-corrected chi connectivity index (χ2v) is 9.40. The van der Waals surface area contributed by atoms with E-state index >= 15 is 0 Å². The summed E-state index contributed by atoms with van der Waals surface area (Å²) in [7, 11) is 2.43. The number of carbonyl (C=O) groups excluding carboxylic acids is 4. The molecular formula is C30H24N2O6. The van der Waals surface area contributed by atoms with Crippen LogP contribution in [0.25, 0.3) is 5.57 Å². The molecular weight excluding hydrogens is 484 g/mol. The summed E-state index contributed by atoms with van der Waals surface area (Å²) in [6.45, 7) is 0.0134. The smallest absolute Gasteiger partial charge is 0.334 e. The van der Waals surface area contributed by atoms with Crippen LogP contribution in [0, 0.1) is 30.1 Å². The summed E-state index contributed by atoms with van der Waals surface area (Å²) < 4.78 is 10.3. The van der Waals surface area contributed by atoms with Gasteiger partial charge in [0, 0.05) is 11.3 Å². The molecule has 0 radical (unpaired) electrons. The Bertz CT molecular complexity index is 1530. The molecule has 0 bridgehead atoms. The zero-order chi connectivity index (χ0) is 27.2. The van der Waals surface area contributed by atoms with Gasteiger partial charge in [-0.3, -0.25) is 24.2 Å². The second-order valence-electron chi connectivity index (χ2n) is 9.40. The highest BCUT2D eigenvalue weighted by molar-refractivity contribution is 6.36. The molecule has 0 N–H and O–H groups in total. The minimum atomic E-state index is -1.45. The van der Waals surface area contributed by atoms with E-state index in [1.54, 1.807) is 48.5 Å². The molecule has 0 saturated heterocycles. The quantitative estimate of drug-likeness (QED) is 0.338. The van der Waals surface area contributed by atoms with Gasteiger partial charge in [0.2, 0.25) is 5.91 Å². The van der Waals surface area contributed by atoms with Crippen molar-refractivity contribution in [3.05, 3.63) is 65.2 Å². The van der Waals surface area contributed by atoms with Gasteiger partial charge in [0.25, 0.3) is 5.91 Å². The SMILES string of the molecule is C#CCN1C(=O)/C(=C(\C[C@]2(C(=O)OC)C[C@]23C(=O)N(CC#C)c2ccccc23)C(=O)OC)c2ccccc21. The van der Waals surface area contributed by atoms with Crippen LogP contribution in [-0.2, 0) is 34.1 Å². The molecule has 3 aliphatic rings. The van der Waals surface area contributed by atoms with E-state index in [1.165, 1.54) is 24.0 Å². The van der Waals surface area contributed by atoms with Crippen LogP contribution in [0.3, 0.4) is 0 Å². The average molecular weight is 509 g/mol. The number of esters is 2. The van der Waals surface area contributed by atoms with E-state index in [9.17, 15) is 19.2 Å². The topological polar surface area (TPSA) is 93.2 Å².